The molecule has 0 bridgehead atoms. The summed E-state index contributed by atoms with van der Waals surface area (Å²) < 4.78 is 3.89. The van der Waals surface area contributed by atoms with Gasteiger partial charge in [-0.15, -0.1) is 16.4 Å². The minimum atomic E-state index is -0.0865. The number of benzene rings is 2. The van der Waals surface area contributed by atoms with Gasteiger partial charge in [-0.3, -0.25) is 4.79 Å². The molecule has 1 amide bonds. The van der Waals surface area contributed by atoms with Crippen molar-refractivity contribution < 1.29 is 4.79 Å². The zero-order valence-corrected chi connectivity index (χ0v) is 16.2. The van der Waals surface area contributed by atoms with Gasteiger partial charge in [-0.25, -0.2) is 4.98 Å². The lowest BCUT2D eigenvalue weighted by Crippen LogP contribution is -2.15. The standard InChI is InChI=1S/C20H16N4OS2/c1-13-7-8-15(18-12-27-24-23-18)9-17(13)22-19(25)10-16-11-26-20(21-16)14-5-3-2-4-6-14/h2-9,11-12H,10H2,1H3,(H,22,25). The zero-order chi connectivity index (χ0) is 18.6. The van der Waals surface area contributed by atoms with Crippen LogP contribution in [0.1, 0.15) is 11.3 Å². The molecule has 0 fully saturated rings. The van der Waals surface area contributed by atoms with E-state index in [0.717, 1.165) is 38.8 Å². The van der Waals surface area contributed by atoms with Gasteiger partial charge in [0, 0.05) is 27.6 Å². The number of aromatic nitrogens is 3. The Morgan fingerprint density at radius 2 is 1.93 bits per heavy atom. The summed E-state index contributed by atoms with van der Waals surface area (Å²) in [5.74, 6) is -0.0865. The molecule has 0 saturated heterocycles. The van der Waals surface area contributed by atoms with Crippen molar-refractivity contribution in [3.8, 4) is 21.8 Å². The van der Waals surface area contributed by atoms with Gasteiger partial charge in [0.15, 0.2) is 0 Å². The summed E-state index contributed by atoms with van der Waals surface area (Å²) in [5, 5.41) is 11.8. The highest BCUT2D eigenvalue weighted by atomic mass is 32.1. The number of carbonyl (C=O) groups is 1. The molecule has 0 spiro atoms. The SMILES string of the molecule is Cc1ccc(-c2csnn2)cc1NC(=O)Cc1csc(-c2ccccc2)n1. The van der Waals surface area contributed by atoms with Crippen molar-refractivity contribution in [2.75, 3.05) is 5.32 Å². The van der Waals surface area contributed by atoms with Crippen molar-refractivity contribution in [2.45, 2.75) is 13.3 Å². The van der Waals surface area contributed by atoms with Gasteiger partial charge in [0.25, 0.3) is 0 Å². The highest BCUT2D eigenvalue weighted by Crippen LogP contribution is 2.26. The first-order chi connectivity index (χ1) is 13.2. The first kappa shape index (κ1) is 17.5. The minimum Gasteiger partial charge on any atom is -0.325 e. The van der Waals surface area contributed by atoms with Crippen molar-refractivity contribution >= 4 is 34.5 Å². The Bertz CT molecular complexity index is 1060. The van der Waals surface area contributed by atoms with Crippen molar-refractivity contribution in [1.29, 1.82) is 0 Å². The van der Waals surface area contributed by atoms with Gasteiger partial charge in [-0.2, -0.15) is 0 Å². The lowest BCUT2D eigenvalue weighted by Gasteiger charge is -2.09. The number of thiazole rings is 1. The summed E-state index contributed by atoms with van der Waals surface area (Å²) in [6.45, 7) is 1.97. The van der Waals surface area contributed by atoms with E-state index in [1.807, 2.05) is 66.2 Å². The number of aryl methyl sites for hydroxylation is 1. The van der Waals surface area contributed by atoms with E-state index in [-0.39, 0.29) is 12.3 Å². The second-order valence-electron chi connectivity index (χ2n) is 6.05. The summed E-state index contributed by atoms with van der Waals surface area (Å²) in [7, 11) is 0. The molecule has 7 heteroatoms. The second kappa shape index (κ2) is 7.77. The molecule has 0 saturated carbocycles. The maximum atomic E-state index is 12.5. The number of nitrogens with zero attached hydrogens (tertiary/aromatic N) is 3. The summed E-state index contributed by atoms with van der Waals surface area (Å²) in [5.41, 5.74) is 5.36. The highest BCUT2D eigenvalue weighted by Gasteiger charge is 2.11. The third kappa shape index (κ3) is 4.10. The van der Waals surface area contributed by atoms with Gasteiger partial charge in [-0.1, -0.05) is 47.0 Å². The van der Waals surface area contributed by atoms with Gasteiger partial charge in [0.2, 0.25) is 5.91 Å². The molecule has 0 radical (unpaired) electrons. The fourth-order valence-electron chi connectivity index (χ4n) is 2.67. The molecule has 4 aromatic rings. The van der Waals surface area contributed by atoms with Crippen molar-refractivity contribution in [1.82, 2.24) is 14.6 Å². The molecule has 4 rings (SSSR count). The van der Waals surface area contributed by atoms with E-state index < -0.39 is 0 Å². The molecule has 1 N–H and O–H groups in total. The number of hydrogen-bond donors (Lipinski definition) is 1. The Morgan fingerprint density at radius 1 is 1.07 bits per heavy atom. The lowest BCUT2D eigenvalue weighted by molar-refractivity contribution is -0.115. The molecule has 2 aromatic heterocycles. The Labute approximate surface area is 164 Å². The molecule has 0 aliphatic heterocycles. The number of carbonyl (C=O) groups excluding carboxylic acids is 1. The van der Waals surface area contributed by atoms with Crippen LogP contribution in [0.2, 0.25) is 0 Å². The molecule has 0 unspecified atom stereocenters. The first-order valence-corrected chi connectivity index (χ1v) is 10.1. The van der Waals surface area contributed by atoms with E-state index >= 15 is 0 Å². The molecule has 5 nitrogen and oxygen atoms in total. The monoisotopic (exact) mass is 392 g/mol. The predicted octanol–water partition coefficient (Wildman–Crippen LogP) is 4.82. The van der Waals surface area contributed by atoms with Crippen LogP contribution in [0.15, 0.2) is 59.3 Å². The maximum absolute atomic E-state index is 12.5. The highest BCUT2D eigenvalue weighted by molar-refractivity contribution is 7.13. The number of amides is 1. The van der Waals surface area contributed by atoms with Crippen LogP contribution in [0.5, 0.6) is 0 Å². The summed E-state index contributed by atoms with van der Waals surface area (Å²) >= 11 is 2.85. The predicted molar refractivity (Wildman–Crippen MR) is 110 cm³/mol. The van der Waals surface area contributed by atoms with Crippen LogP contribution in [-0.4, -0.2) is 20.5 Å². The summed E-state index contributed by atoms with van der Waals surface area (Å²) in [6, 6.07) is 15.9. The van der Waals surface area contributed by atoms with E-state index in [1.165, 1.54) is 11.5 Å². The molecule has 27 heavy (non-hydrogen) atoms. The average molecular weight is 393 g/mol. The Kier molecular flexibility index (Phi) is 5.04. The molecule has 2 heterocycles. The normalized spacial score (nSPS) is 10.7. The van der Waals surface area contributed by atoms with Crippen LogP contribution >= 0.6 is 22.9 Å². The number of anilines is 1. The largest absolute Gasteiger partial charge is 0.325 e. The van der Waals surface area contributed by atoms with Crippen LogP contribution in [0, 0.1) is 6.92 Å². The van der Waals surface area contributed by atoms with E-state index in [4.69, 9.17) is 0 Å². The van der Waals surface area contributed by atoms with Gasteiger partial charge < -0.3 is 5.32 Å². The topological polar surface area (TPSA) is 67.8 Å². The Morgan fingerprint density at radius 3 is 2.70 bits per heavy atom. The summed E-state index contributed by atoms with van der Waals surface area (Å²) in [6.07, 6.45) is 0.241. The van der Waals surface area contributed by atoms with Crippen LogP contribution < -0.4 is 5.32 Å². The van der Waals surface area contributed by atoms with E-state index in [0.29, 0.717) is 0 Å². The molecule has 134 valence electrons. The Hall–Kier alpha value is -2.90. The third-order valence-electron chi connectivity index (χ3n) is 4.08. The molecule has 0 aliphatic rings. The quantitative estimate of drug-likeness (QED) is 0.529. The fraction of sp³-hybridized carbons (Fsp3) is 0.100. The van der Waals surface area contributed by atoms with Crippen LogP contribution in [-0.2, 0) is 11.2 Å². The summed E-state index contributed by atoms with van der Waals surface area (Å²) in [4.78, 5) is 17.1. The fourth-order valence-corrected chi connectivity index (χ4v) is 3.96. The Balaban J connectivity index is 1.47. The van der Waals surface area contributed by atoms with Crippen molar-refractivity contribution in [3.05, 3.63) is 70.5 Å². The number of rotatable bonds is 5. The van der Waals surface area contributed by atoms with Crippen LogP contribution in [0.4, 0.5) is 5.69 Å². The second-order valence-corrected chi connectivity index (χ2v) is 7.52. The minimum absolute atomic E-state index is 0.0865. The van der Waals surface area contributed by atoms with E-state index in [1.54, 1.807) is 11.3 Å². The van der Waals surface area contributed by atoms with Crippen LogP contribution in [0.3, 0.4) is 0 Å². The third-order valence-corrected chi connectivity index (χ3v) is 5.53. The zero-order valence-electron chi connectivity index (χ0n) is 14.5. The van der Waals surface area contributed by atoms with Gasteiger partial charge >= 0.3 is 0 Å². The molecule has 0 aliphatic carbocycles. The van der Waals surface area contributed by atoms with E-state index in [9.17, 15) is 4.79 Å². The molecule has 0 atom stereocenters. The number of hydrogen-bond acceptors (Lipinski definition) is 6. The molecule has 2 aromatic carbocycles. The lowest BCUT2D eigenvalue weighted by atomic mass is 10.1. The van der Waals surface area contributed by atoms with Gasteiger partial charge in [0.05, 0.1) is 12.1 Å². The average Bonchev–Trinajstić information content (AvgIpc) is 3.36. The molecular weight excluding hydrogens is 376 g/mol. The van der Waals surface area contributed by atoms with Gasteiger partial charge in [-0.05, 0) is 30.1 Å². The van der Waals surface area contributed by atoms with Crippen molar-refractivity contribution in [2.24, 2.45) is 0 Å². The van der Waals surface area contributed by atoms with Crippen molar-refractivity contribution in [3.63, 3.8) is 0 Å². The maximum Gasteiger partial charge on any atom is 0.230 e. The van der Waals surface area contributed by atoms with Gasteiger partial charge in [0.1, 0.15) is 10.7 Å². The van der Waals surface area contributed by atoms with Crippen LogP contribution in [0.25, 0.3) is 21.8 Å². The molecular formula is C20H16N4OS2. The first-order valence-electron chi connectivity index (χ1n) is 8.37. The van der Waals surface area contributed by atoms with E-state index in [2.05, 4.69) is 19.9 Å². The smallest absolute Gasteiger partial charge is 0.230 e. The number of nitrogens with one attached hydrogen (secondary N) is 1.